The third-order valence-electron chi connectivity index (χ3n) is 1.77. The molecule has 0 spiro atoms. The highest BCUT2D eigenvalue weighted by molar-refractivity contribution is 7.85. The fraction of sp³-hybridized carbons (Fsp3) is 0.833. The molecule has 3 nitrogen and oxygen atoms in total. The van der Waals surface area contributed by atoms with E-state index in [9.17, 15) is 8.42 Å². The Morgan fingerprint density at radius 1 is 1.40 bits per heavy atom. The van der Waals surface area contributed by atoms with Gasteiger partial charge >= 0.3 is 0 Å². The van der Waals surface area contributed by atoms with Crippen molar-refractivity contribution in [3.63, 3.8) is 0 Å². The lowest BCUT2D eigenvalue weighted by Crippen LogP contribution is -2.14. The van der Waals surface area contributed by atoms with Gasteiger partial charge in [0.1, 0.15) is 0 Å². The first-order valence-electron chi connectivity index (χ1n) is 3.37. The minimum atomic E-state index is -3.72. The molecular weight excluding hydrogens is 152 g/mol. The van der Waals surface area contributed by atoms with Crippen molar-refractivity contribution in [1.82, 2.24) is 0 Å². The summed E-state index contributed by atoms with van der Waals surface area (Å²) in [6.07, 6.45) is 3.84. The van der Waals surface area contributed by atoms with Gasteiger partial charge in [-0.15, -0.1) is 0 Å². The van der Waals surface area contributed by atoms with Crippen molar-refractivity contribution in [3.05, 3.63) is 5.92 Å². The van der Waals surface area contributed by atoms with E-state index in [0.717, 1.165) is 12.8 Å². The van der Waals surface area contributed by atoms with Gasteiger partial charge in [0.25, 0.3) is 10.1 Å². The van der Waals surface area contributed by atoms with Crippen LogP contribution in [0.3, 0.4) is 0 Å². The smallest absolute Gasteiger partial charge is 0.264 e. The van der Waals surface area contributed by atoms with Crippen molar-refractivity contribution < 1.29 is 13.0 Å². The Balaban J connectivity index is 2.16. The van der Waals surface area contributed by atoms with E-state index < -0.39 is 10.1 Å². The Morgan fingerprint density at radius 2 is 2.00 bits per heavy atom. The Labute approximate surface area is 61.2 Å². The standard InChI is InChI=1S/C6H11O3S/c7-10(8,9)5-4-6-2-1-3-6/h1-5H2,(H,7,8,9). The van der Waals surface area contributed by atoms with Crippen LogP contribution >= 0.6 is 0 Å². The molecule has 1 rings (SSSR count). The normalized spacial score (nSPS) is 20.5. The van der Waals surface area contributed by atoms with Crippen LogP contribution in [-0.4, -0.2) is 18.7 Å². The maximum Gasteiger partial charge on any atom is 0.264 e. The number of rotatable bonds is 3. The van der Waals surface area contributed by atoms with Crippen LogP contribution in [0.25, 0.3) is 0 Å². The Bertz CT molecular complexity index is 191. The summed E-state index contributed by atoms with van der Waals surface area (Å²) < 4.78 is 28.8. The SMILES string of the molecule is O=S(=O)(O)CC[C]1CCC1. The lowest BCUT2D eigenvalue weighted by molar-refractivity contribution is 0.469. The van der Waals surface area contributed by atoms with E-state index >= 15 is 0 Å². The summed E-state index contributed by atoms with van der Waals surface area (Å²) in [5, 5.41) is 0. The zero-order valence-corrected chi connectivity index (χ0v) is 6.52. The predicted molar refractivity (Wildman–Crippen MR) is 38.1 cm³/mol. The quantitative estimate of drug-likeness (QED) is 0.632. The molecule has 0 amide bonds. The molecule has 0 atom stereocenters. The van der Waals surface area contributed by atoms with E-state index in [0.29, 0.717) is 6.42 Å². The zero-order valence-electron chi connectivity index (χ0n) is 5.71. The number of hydrogen-bond acceptors (Lipinski definition) is 2. The molecular formula is C6H11O3S. The second-order valence-corrected chi connectivity index (χ2v) is 4.21. The Hall–Kier alpha value is -0.0900. The van der Waals surface area contributed by atoms with Gasteiger partial charge in [0.2, 0.25) is 0 Å². The van der Waals surface area contributed by atoms with Crippen LogP contribution in [0.2, 0.25) is 0 Å². The van der Waals surface area contributed by atoms with E-state index in [1.165, 1.54) is 12.3 Å². The maximum atomic E-state index is 10.2. The van der Waals surface area contributed by atoms with E-state index in [1.54, 1.807) is 0 Å². The van der Waals surface area contributed by atoms with Crippen molar-refractivity contribution in [2.24, 2.45) is 0 Å². The van der Waals surface area contributed by atoms with E-state index in [2.05, 4.69) is 0 Å². The highest BCUT2D eigenvalue weighted by atomic mass is 32.2. The van der Waals surface area contributed by atoms with Gasteiger partial charge in [0.05, 0.1) is 5.75 Å². The van der Waals surface area contributed by atoms with Gasteiger partial charge in [-0.3, -0.25) is 4.55 Å². The summed E-state index contributed by atoms with van der Waals surface area (Å²) in [4.78, 5) is 0. The molecule has 10 heavy (non-hydrogen) atoms. The van der Waals surface area contributed by atoms with Crippen molar-refractivity contribution in [2.75, 3.05) is 5.75 Å². The van der Waals surface area contributed by atoms with Crippen LogP contribution in [0.1, 0.15) is 25.7 Å². The van der Waals surface area contributed by atoms with E-state index in [4.69, 9.17) is 4.55 Å². The first-order valence-corrected chi connectivity index (χ1v) is 4.97. The van der Waals surface area contributed by atoms with Crippen LogP contribution in [0.15, 0.2) is 0 Å². The van der Waals surface area contributed by atoms with Gasteiger partial charge in [-0.1, -0.05) is 6.42 Å². The molecule has 1 N–H and O–H groups in total. The molecule has 1 radical (unpaired) electrons. The van der Waals surface area contributed by atoms with Gasteiger partial charge in [-0.05, 0) is 25.2 Å². The zero-order chi connectivity index (χ0) is 7.61. The minimum Gasteiger partial charge on any atom is -0.286 e. The maximum absolute atomic E-state index is 10.2. The summed E-state index contributed by atoms with van der Waals surface area (Å²) >= 11 is 0. The Morgan fingerprint density at radius 3 is 2.30 bits per heavy atom. The van der Waals surface area contributed by atoms with Gasteiger partial charge in [-0.2, -0.15) is 8.42 Å². The third kappa shape index (κ3) is 2.66. The third-order valence-corrected chi connectivity index (χ3v) is 2.49. The van der Waals surface area contributed by atoms with Gasteiger partial charge in [0.15, 0.2) is 0 Å². The van der Waals surface area contributed by atoms with Crippen LogP contribution in [0.4, 0.5) is 0 Å². The summed E-state index contributed by atoms with van der Waals surface area (Å²) in [5.74, 6) is 1.18. The molecule has 0 bridgehead atoms. The van der Waals surface area contributed by atoms with E-state index in [-0.39, 0.29) is 5.75 Å². The van der Waals surface area contributed by atoms with Crippen molar-refractivity contribution in [3.8, 4) is 0 Å². The fourth-order valence-electron chi connectivity index (χ4n) is 0.950. The van der Waals surface area contributed by atoms with Crippen LogP contribution in [-0.2, 0) is 10.1 Å². The topological polar surface area (TPSA) is 54.4 Å². The van der Waals surface area contributed by atoms with Crippen molar-refractivity contribution in [1.29, 1.82) is 0 Å². The molecule has 0 heterocycles. The van der Waals surface area contributed by atoms with Gasteiger partial charge < -0.3 is 0 Å². The van der Waals surface area contributed by atoms with Crippen LogP contribution < -0.4 is 0 Å². The predicted octanol–water partition coefficient (Wildman–Crippen LogP) is 1.02. The largest absolute Gasteiger partial charge is 0.286 e. The average Bonchev–Trinajstić information content (AvgIpc) is 1.56. The van der Waals surface area contributed by atoms with Crippen LogP contribution in [0.5, 0.6) is 0 Å². The van der Waals surface area contributed by atoms with Gasteiger partial charge in [0, 0.05) is 0 Å². The molecule has 0 aromatic rings. The molecule has 0 aromatic carbocycles. The first-order chi connectivity index (χ1) is 4.58. The molecule has 0 unspecified atom stereocenters. The molecule has 0 aromatic heterocycles. The molecule has 1 fully saturated rings. The first kappa shape index (κ1) is 8.01. The van der Waals surface area contributed by atoms with Crippen molar-refractivity contribution in [2.45, 2.75) is 25.7 Å². The molecule has 1 aliphatic rings. The lowest BCUT2D eigenvalue weighted by Gasteiger charge is -2.23. The molecule has 0 aliphatic heterocycles. The highest BCUT2D eigenvalue weighted by Crippen LogP contribution is 2.31. The molecule has 0 saturated heterocycles. The average molecular weight is 163 g/mol. The Kier molecular flexibility index (Phi) is 2.31. The van der Waals surface area contributed by atoms with Gasteiger partial charge in [-0.25, -0.2) is 0 Å². The summed E-state index contributed by atoms with van der Waals surface area (Å²) in [7, 11) is -3.72. The summed E-state index contributed by atoms with van der Waals surface area (Å²) in [6, 6.07) is 0. The second-order valence-electron chi connectivity index (χ2n) is 2.64. The van der Waals surface area contributed by atoms with Crippen LogP contribution in [0, 0.1) is 5.92 Å². The molecule has 4 heteroatoms. The fourth-order valence-corrected chi connectivity index (χ4v) is 1.50. The monoisotopic (exact) mass is 163 g/mol. The highest BCUT2D eigenvalue weighted by Gasteiger charge is 2.19. The second kappa shape index (κ2) is 2.88. The molecule has 59 valence electrons. The lowest BCUT2D eigenvalue weighted by atomic mass is 9.84. The van der Waals surface area contributed by atoms with E-state index in [1.807, 2.05) is 0 Å². The minimum absolute atomic E-state index is 0.0949. The summed E-state index contributed by atoms with van der Waals surface area (Å²) in [6.45, 7) is 0. The summed E-state index contributed by atoms with van der Waals surface area (Å²) in [5.41, 5.74) is 0. The number of hydrogen-bond donors (Lipinski definition) is 1. The molecule has 1 aliphatic carbocycles. The molecule has 1 saturated carbocycles. The van der Waals surface area contributed by atoms with Crippen molar-refractivity contribution >= 4 is 10.1 Å².